The molecule has 35 heavy (non-hydrogen) atoms. The predicted molar refractivity (Wildman–Crippen MR) is 132 cm³/mol. The summed E-state index contributed by atoms with van der Waals surface area (Å²) in [5.74, 6) is -0.672. The van der Waals surface area contributed by atoms with E-state index in [2.05, 4.69) is 0 Å². The number of rotatable bonds is 11. The van der Waals surface area contributed by atoms with Gasteiger partial charge in [-0.15, -0.1) is 0 Å². The number of likely N-dealkylation sites (tertiary alicyclic amines) is 1. The van der Waals surface area contributed by atoms with Crippen LogP contribution in [0.2, 0.25) is 0 Å². The summed E-state index contributed by atoms with van der Waals surface area (Å²) in [6.45, 7) is 6.25. The number of hydrogen-bond donors (Lipinski definition) is 1. The van der Waals surface area contributed by atoms with Crippen molar-refractivity contribution >= 4 is 12.0 Å². The first-order valence-electron chi connectivity index (χ1n) is 12.1. The monoisotopic (exact) mass is 487 g/mol. The van der Waals surface area contributed by atoms with Crippen LogP contribution in [0.3, 0.4) is 0 Å². The molecule has 1 aliphatic rings. The van der Waals surface area contributed by atoms with Gasteiger partial charge in [0.1, 0.15) is 12.0 Å². The highest BCUT2D eigenvalue weighted by molar-refractivity contribution is 5.87. The SMILES string of the molecule is CCOC(=O)C=Cc1ccccc1[C@@H](C)OC[C@H](O)CN1C[C@H](F)C[C@H]1Cc1ccc(C)c(F)c1. The van der Waals surface area contributed by atoms with Gasteiger partial charge in [-0.25, -0.2) is 13.6 Å². The summed E-state index contributed by atoms with van der Waals surface area (Å²) >= 11 is 0. The average molecular weight is 488 g/mol. The van der Waals surface area contributed by atoms with Gasteiger partial charge in [0.25, 0.3) is 0 Å². The lowest BCUT2D eigenvalue weighted by atomic mass is 10.0. The maximum absolute atomic E-state index is 14.2. The molecule has 3 rings (SSSR count). The molecule has 2 aromatic carbocycles. The van der Waals surface area contributed by atoms with Gasteiger partial charge < -0.3 is 14.6 Å². The summed E-state index contributed by atoms with van der Waals surface area (Å²) in [6.07, 6.45) is 1.86. The van der Waals surface area contributed by atoms with Crippen LogP contribution >= 0.6 is 0 Å². The molecule has 1 heterocycles. The van der Waals surface area contributed by atoms with Gasteiger partial charge in [-0.05, 0) is 68.0 Å². The van der Waals surface area contributed by atoms with E-state index in [1.807, 2.05) is 42.2 Å². The van der Waals surface area contributed by atoms with Crippen molar-refractivity contribution in [2.24, 2.45) is 0 Å². The zero-order chi connectivity index (χ0) is 25.4. The zero-order valence-corrected chi connectivity index (χ0v) is 20.6. The number of aryl methyl sites for hydroxylation is 1. The van der Waals surface area contributed by atoms with Gasteiger partial charge in [-0.1, -0.05) is 36.4 Å². The van der Waals surface area contributed by atoms with Gasteiger partial charge in [0.05, 0.1) is 25.4 Å². The number of esters is 1. The first-order chi connectivity index (χ1) is 16.8. The number of alkyl halides is 1. The molecule has 0 amide bonds. The van der Waals surface area contributed by atoms with Crippen LogP contribution in [0.1, 0.15) is 48.6 Å². The number of halogens is 2. The van der Waals surface area contributed by atoms with Gasteiger partial charge >= 0.3 is 5.97 Å². The molecule has 1 aliphatic heterocycles. The van der Waals surface area contributed by atoms with Crippen molar-refractivity contribution in [3.63, 3.8) is 0 Å². The van der Waals surface area contributed by atoms with Crippen molar-refractivity contribution in [3.8, 4) is 0 Å². The molecule has 190 valence electrons. The van der Waals surface area contributed by atoms with Gasteiger partial charge in [-0.3, -0.25) is 4.90 Å². The number of β-amino-alcohol motifs (C(OH)–C–C–N with tert-alkyl or cyclic N) is 1. The third kappa shape index (κ3) is 7.95. The first-order valence-corrected chi connectivity index (χ1v) is 12.1. The second-order valence-electron chi connectivity index (χ2n) is 9.07. The first kappa shape index (κ1) is 27.0. The highest BCUT2D eigenvalue weighted by atomic mass is 19.1. The van der Waals surface area contributed by atoms with Crippen molar-refractivity contribution < 1.29 is 28.2 Å². The summed E-state index contributed by atoms with van der Waals surface area (Å²) in [5, 5.41) is 10.6. The van der Waals surface area contributed by atoms with Gasteiger partial charge in [-0.2, -0.15) is 0 Å². The van der Waals surface area contributed by atoms with Crippen LogP contribution in [0, 0.1) is 12.7 Å². The Kier molecular flexibility index (Phi) is 9.95. The molecule has 0 spiro atoms. The van der Waals surface area contributed by atoms with E-state index >= 15 is 0 Å². The lowest BCUT2D eigenvalue weighted by Gasteiger charge is -2.27. The maximum Gasteiger partial charge on any atom is 0.330 e. The van der Waals surface area contributed by atoms with Crippen molar-refractivity contribution in [1.29, 1.82) is 0 Å². The highest BCUT2D eigenvalue weighted by Gasteiger charge is 2.33. The van der Waals surface area contributed by atoms with Gasteiger partial charge in [0, 0.05) is 25.2 Å². The zero-order valence-electron chi connectivity index (χ0n) is 20.6. The van der Waals surface area contributed by atoms with E-state index in [1.165, 1.54) is 12.1 Å². The van der Waals surface area contributed by atoms with E-state index in [1.54, 1.807) is 26.0 Å². The standard InChI is InChI=1S/C28H35F2NO4/c1-4-34-28(33)12-11-22-7-5-6-8-26(22)20(3)35-18-25(32)17-31-16-23(29)15-24(31)13-21-10-9-19(2)27(30)14-21/h5-12,14,20,23-25,32H,4,13,15-18H2,1-3H3/t20-,23-,24-,25-/m1/s1. The van der Waals surface area contributed by atoms with Crippen LogP contribution in [0.4, 0.5) is 8.78 Å². The number of benzene rings is 2. The molecule has 0 aliphatic carbocycles. The molecule has 0 aromatic heterocycles. The van der Waals surface area contributed by atoms with Crippen LogP contribution < -0.4 is 0 Å². The molecule has 7 heteroatoms. The summed E-state index contributed by atoms with van der Waals surface area (Å²) in [7, 11) is 0. The summed E-state index contributed by atoms with van der Waals surface area (Å²) < 4.78 is 39.0. The summed E-state index contributed by atoms with van der Waals surface area (Å²) in [4.78, 5) is 13.6. The molecule has 1 saturated heterocycles. The van der Waals surface area contributed by atoms with E-state index in [9.17, 15) is 18.7 Å². The molecule has 2 aromatic rings. The Bertz CT molecular complexity index is 1010. The Morgan fingerprint density at radius 2 is 2.06 bits per heavy atom. The van der Waals surface area contributed by atoms with Crippen LogP contribution in [0.5, 0.6) is 0 Å². The lowest BCUT2D eigenvalue weighted by molar-refractivity contribution is -0.137. The number of aliphatic hydroxyl groups is 1. The van der Waals surface area contributed by atoms with Crippen molar-refractivity contribution in [2.45, 2.75) is 58.0 Å². The lowest BCUT2D eigenvalue weighted by Crippen LogP contribution is -2.39. The Morgan fingerprint density at radius 3 is 2.80 bits per heavy atom. The second-order valence-corrected chi connectivity index (χ2v) is 9.07. The molecule has 5 nitrogen and oxygen atoms in total. The van der Waals surface area contributed by atoms with E-state index in [0.29, 0.717) is 25.0 Å². The summed E-state index contributed by atoms with van der Waals surface area (Å²) in [5.41, 5.74) is 3.11. The van der Waals surface area contributed by atoms with E-state index in [-0.39, 0.29) is 37.7 Å². The van der Waals surface area contributed by atoms with Gasteiger partial charge in [0.15, 0.2) is 0 Å². The smallest absolute Gasteiger partial charge is 0.330 e. The highest BCUT2D eigenvalue weighted by Crippen LogP contribution is 2.26. The third-order valence-corrected chi connectivity index (χ3v) is 6.29. The Morgan fingerprint density at radius 1 is 1.29 bits per heavy atom. The minimum atomic E-state index is -0.972. The molecule has 0 radical (unpaired) electrons. The van der Waals surface area contributed by atoms with E-state index in [0.717, 1.165) is 16.7 Å². The number of carbonyl (C=O) groups is 1. The molecule has 4 atom stereocenters. The van der Waals surface area contributed by atoms with Crippen molar-refractivity contribution in [3.05, 3.63) is 76.6 Å². The number of nitrogens with zero attached hydrogens (tertiary/aromatic N) is 1. The molecule has 1 fully saturated rings. The third-order valence-electron chi connectivity index (χ3n) is 6.29. The van der Waals surface area contributed by atoms with Crippen LogP contribution in [-0.2, 0) is 20.7 Å². The second kappa shape index (κ2) is 12.9. The molecular formula is C28H35F2NO4. The van der Waals surface area contributed by atoms with E-state index < -0.39 is 18.2 Å². The van der Waals surface area contributed by atoms with E-state index in [4.69, 9.17) is 9.47 Å². The van der Waals surface area contributed by atoms with Gasteiger partial charge in [0.2, 0.25) is 0 Å². The maximum atomic E-state index is 14.2. The number of hydrogen-bond acceptors (Lipinski definition) is 5. The molecule has 0 bridgehead atoms. The largest absolute Gasteiger partial charge is 0.463 e. The molecular weight excluding hydrogens is 452 g/mol. The fraction of sp³-hybridized carbons (Fsp3) is 0.464. The van der Waals surface area contributed by atoms with Crippen molar-refractivity contribution in [1.82, 2.24) is 4.90 Å². The number of aliphatic hydroxyl groups excluding tert-OH is 1. The topological polar surface area (TPSA) is 59.0 Å². The quantitative estimate of drug-likeness (QED) is 0.364. The van der Waals surface area contributed by atoms with Crippen LogP contribution in [0.25, 0.3) is 6.08 Å². The Balaban J connectivity index is 1.56. The van der Waals surface area contributed by atoms with Crippen LogP contribution in [0.15, 0.2) is 48.5 Å². The molecule has 1 N–H and O–H groups in total. The predicted octanol–water partition coefficient (Wildman–Crippen LogP) is 4.80. The fourth-order valence-corrected chi connectivity index (χ4v) is 4.44. The Labute approximate surface area is 206 Å². The van der Waals surface area contributed by atoms with Crippen LogP contribution in [-0.4, -0.2) is 60.6 Å². The number of carbonyl (C=O) groups excluding carboxylic acids is 1. The average Bonchev–Trinajstić information content (AvgIpc) is 3.17. The number of ether oxygens (including phenoxy) is 2. The minimum absolute atomic E-state index is 0.0798. The fourth-order valence-electron chi connectivity index (χ4n) is 4.44. The Hall–Kier alpha value is -2.61. The normalized spacial score (nSPS) is 20.3. The molecule has 0 unspecified atom stereocenters. The minimum Gasteiger partial charge on any atom is -0.463 e. The van der Waals surface area contributed by atoms with Crippen molar-refractivity contribution in [2.75, 3.05) is 26.3 Å². The molecule has 0 saturated carbocycles. The summed E-state index contributed by atoms with van der Waals surface area (Å²) in [6, 6.07) is 12.6.